The predicted molar refractivity (Wildman–Crippen MR) is 63.4 cm³/mol. The molecule has 0 amide bonds. The molecule has 0 N–H and O–H groups in total. The number of benzene rings is 1. The summed E-state index contributed by atoms with van der Waals surface area (Å²) in [4.78, 5) is 20.1. The molecule has 0 aromatic heterocycles. The van der Waals surface area contributed by atoms with Gasteiger partial charge in [0.05, 0.1) is 10.5 Å². The van der Waals surface area contributed by atoms with Crippen LogP contribution >= 0.6 is 0 Å². The first kappa shape index (κ1) is 14.1. The summed E-state index contributed by atoms with van der Waals surface area (Å²) in [5.74, 6) is 0. The van der Waals surface area contributed by atoms with Gasteiger partial charge in [-0.3, -0.25) is 10.1 Å². The smallest absolute Gasteiger partial charge is 0.258 e. The molecule has 0 aliphatic heterocycles. The number of nitrogens with zero attached hydrogens (tertiary/aromatic N) is 2. The van der Waals surface area contributed by atoms with Crippen molar-refractivity contribution in [2.45, 2.75) is 32.5 Å². The van der Waals surface area contributed by atoms with Gasteiger partial charge in [-0.15, -0.1) is 0 Å². The van der Waals surface area contributed by atoms with E-state index in [1.54, 1.807) is 20.8 Å². The van der Waals surface area contributed by atoms with Gasteiger partial charge in [-0.25, -0.2) is 9.78 Å². The number of hydrogen-bond donors (Lipinski definition) is 0. The minimum Gasteiger partial charge on any atom is -0.258 e. The first-order valence-corrected chi connectivity index (χ1v) is 5.32. The third kappa shape index (κ3) is 4.13. The molecule has 0 fully saturated rings. The highest BCUT2D eigenvalue weighted by Gasteiger charge is 2.19. The van der Waals surface area contributed by atoms with Crippen molar-refractivity contribution in [2.24, 2.45) is 0 Å². The maximum absolute atomic E-state index is 10.5. The molecule has 18 heavy (non-hydrogen) atoms. The predicted octanol–water partition coefficient (Wildman–Crippen LogP) is 2.91. The van der Waals surface area contributed by atoms with Crippen LogP contribution in [0.15, 0.2) is 24.3 Å². The number of non-ortho nitro benzene ring substituents is 1. The van der Waals surface area contributed by atoms with Crippen molar-refractivity contribution in [3.8, 4) is 6.07 Å². The molecule has 0 bridgehead atoms. The third-order valence-corrected chi connectivity index (χ3v) is 1.92. The zero-order valence-electron chi connectivity index (χ0n) is 10.4. The summed E-state index contributed by atoms with van der Waals surface area (Å²) in [6, 6.07) is 7.50. The van der Waals surface area contributed by atoms with E-state index in [0.717, 1.165) is 0 Å². The Morgan fingerprint density at radius 2 is 1.89 bits per heavy atom. The largest absolute Gasteiger partial charge is 0.269 e. The van der Waals surface area contributed by atoms with E-state index in [1.165, 1.54) is 24.3 Å². The van der Waals surface area contributed by atoms with Crippen LogP contribution in [0.3, 0.4) is 0 Å². The summed E-state index contributed by atoms with van der Waals surface area (Å²) in [6.45, 7) is 5.37. The summed E-state index contributed by atoms with van der Waals surface area (Å²) in [7, 11) is 0. The Morgan fingerprint density at radius 3 is 2.28 bits per heavy atom. The van der Waals surface area contributed by atoms with Crippen LogP contribution in [0.25, 0.3) is 0 Å². The number of nitro groups is 1. The van der Waals surface area contributed by atoms with Crippen molar-refractivity contribution in [2.75, 3.05) is 0 Å². The quantitative estimate of drug-likeness (QED) is 0.466. The van der Waals surface area contributed by atoms with Crippen molar-refractivity contribution in [3.63, 3.8) is 0 Å². The van der Waals surface area contributed by atoms with Gasteiger partial charge in [-0.2, -0.15) is 5.26 Å². The van der Waals surface area contributed by atoms with Crippen LogP contribution in [0.4, 0.5) is 5.69 Å². The van der Waals surface area contributed by atoms with E-state index >= 15 is 0 Å². The standard InChI is InChI=1S/C12H14N2O4/c1-12(2,3)18-17-11(8-13)9-4-6-10(7-5-9)14(15)16/h4-7,11H,1-3H3. The van der Waals surface area contributed by atoms with Gasteiger partial charge in [0.1, 0.15) is 6.07 Å². The van der Waals surface area contributed by atoms with Crippen LogP contribution < -0.4 is 0 Å². The second-order valence-corrected chi connectivity index (χ2v) is 4.65. The van der Waals surface area contributed by atoms with Crippen molar-refractivity contribution < 1.29 is 14.7 Å². The van der Waals surface area contributed by atoms with E-state index in [2.05, 4.69) is 0 Å². The van der Waals surface area contributed by atoms with Crippen LogP contribution in [0.1, 0.15) is 32.4 Å². The Hall–Kier alpha value is -1.97. The van der Waals surface area contributed by atoms with Crippen molar-refractivity contribution in [1.29, 1.82) is 5.26 Å². The van der Waals surface area contributed by atoms with Gasteiger partial charge in [0.25, 0.3) is 5.69 Å². The fraction of sp³-hybridized carbons (Fsp3) is 0.417. The third-order valence-electron chi connectivity index (χ3n) is 1.92. The topological polar surface area (TPSA) is 85.4 Å². The average Bonchev–Trinajstić information content (AvgIpc) is 2.29. The van der Waals surface area contributed by atoms with E-state index < -0.39 is 16.6 Å². The molecule has 0 spiro atoms. The number of nitro benzene ring substituents is 1. The average molecular weight is 250 g/mol. The van der Waals surface area contributed by atoms with Crippen molar-refractivity contribution in [1.82, 2.24) is 0 Å². The van der Waals surface area contributed by atoms with Gasteiger partial charge in [0.15, 0.2) is 0 Å². The molecule has 0 saturated heterocycles. The van der Waals surface area contributed by atoms with Crippen LogP contribution in [-0.2, 0) is 9.78 Å². The monoisotopic (exact) mass is 250 g/mol. The maximum atomic E-state index is 10.5. The lowest BCUT2D eigenvalue weighted by Crippen LogP contribution is -2.20. The number of hydrogen-bond acceptors (Lipinski definition) is 5. The molecule has 0 aliphatic rings. The van der Waals surface area contributed by atoms with Gasteiger partial charge < -0.3 is 0 Å². The molecule has 1 aromatic rings. The van der Waals surface area contributed by atoms with Crippen LogP contribution in [0, 0.1) is 21.4 Å². The summed E-state index contributed by atoms with van der Waals surface area (Å²) in [5, 5.41) is 19.5. The molecular formula is C12H14N2O4. The molecule has 1 unspecified atom stereocenters. The normalized spacial score (nSPS) is 12.8. The Balaban J connectivity index is 2.77. The second kappa shape index (κ2) is 5.58. The molecule has 0 radical (unpaired) electrons. The minimum absolute atomic E-state index is 0.0350. The first-order chi connectivity index (χ1) is 8.33. The van der Waals surface area contributed by atoms with Crippen molar-refractivity contribution >= 4 is 5.69 Å². The highest BCUT2D eigenvalue weighted by Crippen LogP contribution is 2.22. The van der Waals surface area contributed by atoms with E-state index in [0.29, 0.717) is 5.56 Å². The lowest BCUT2D eigenvalue weighted by Gasteiger charge is -2.19. The maximum Gasteiger partial charge on any atom is 0.269 e. The lowest BCUT2D eigenvalue weighted by molar-refractivity contribution is -0.385. The minimum atomic E-state index is -0.912. The van der Waals surface area contributed by atoms with E-state index in [4.69, 9.17) is 15.0 Å². The van der Waals surface area contributed by atoms with Gasteiger partial charge in [-0.05, 0) is 38.5 Å². The highest BCUT2D eigenvalue weighted by molar-refractivity contribution is 5.35. The van der Waals surface area contributed by atoms with Crippen LogP contribution in [0.5, 0.6) is 0 Å². The molecule has 1 atom stereocenters. The van der Waals surface area contributed by atoms with E-state index in [1.807, 2.05) is 6.07 Å². The lowest BCUT2D eigenvalue weighted by atomic mass is 10.1. The van der Waals surface area contributed by atoms with E-state index in [-0.39, 0.29) is 5.69 Å². The van der Waals surface area contributed by atoms with Gasteiger partial charge >= 0.3 is 0 Å². The van der Waals surface area contributed by atoms with Gasteiger partial charge in [0.2, 0.25) is 6.10 Å². The fourth-order valence-electron chi connectivity index (χ4n) is 1.11. The Kier molecular flexibility index (Phi) is 4.37. The summed E-state index contributed by atoms with van der Waals surface area (Å²) in [5.41, 5.74) is -0.0601. The second-order valence-electron chi connectivity index (χ2n) is 4.65. The molecule has 1 rings (SSSR count). The summed E-state index contributed by atoms with van der Waals surface area (Å²) >= 11 is 0. The summed E-state index contributed by atoms with van der Waals surface area (Å²) in [6.07, 6.45) is -0.912. The van der Waals surface area contributed by atoms with Crippen molar-refractivity contribution in [3.05, 3.63) is 39.9 Å². The zero-order valence-corrected chi connectivity index (χ0v) is 10.4. The van der Waals surface area contributed by atoms with E-state index in [9.17, 15) is 10.1 Å². The SMILES string of the molecule is CC(C)(C)OOC(C#N)c1ccc([N+](=O)[O-])cc1. The Morgan fingerprint density at radius 1 is 1.33 bits per heavy atom. The van der Waals surface area contributed by atoms with Gasteiger partial charge in [-0.1, -0.05) is 0 Å². The Labute approximate surface area is 105 Å². The molecule has 0 saturated carbocycles. The fourth-order valence-corrected chi connectivity index (χ4v) is 1.11. The zero-order chi connectivity index (χ0) is 13.8. The molecule has 6 heteroatoms. The molecule has 0 heterocycles. The van der Waals surface area contributed by atoms with Crippen LogP contribution in [0.2, 0.25) is 0 Å². The summed E-state index contributed by atoms with van der Waals surface area (Å²) < 4.78 is 0. The molecule has 6 nitrogen and oxygen atoms in total. The Bertz CT molecular complexity index is 456. The van der Waals surface area contributed by atoms with Crippen LogP contribution in [-0.4, -0.2) is 10.5 Å². The first-order valence-electron chi connectivity index (χ1n) is 5.32. The van der Waals surface area contributed by atoms with Gasteiger partial charge in [0, 0.05) is 12.1 Å². The highest BCUT2D eigenvalue weighted by atomic mass is 17.2. The molecule has 1 aromatic carbocycles. The number of nitriles is 1. The molecular weight excluding hydrogens is 236 g/mol. The molecule has 0 aliphatic carbocycles. The number of rotatable bonds is 4. The molecule has 96 valence electrons.